The van der Waals surface area contributed by atoms with E-state index < -0.39 is 10.0 Å². The topological polar surface area (TPSA) is 88.2 Å². The third-order valence-electron chi connectivity index (χ3n) is 5.74. The Kier molecular flexibility index (Phi) is 7.94. The van der Waals surface area contributed by atoms with Crippen LogP contribution in [0.15, 0.2) is 77.7 Å². The van der Waals surface area contributed by atoms with Gasteiger partial charge in [0, 0.05) is 31.9 Å². The number of carbonyl (C=O) groups is 1. The number of piperazine rings is 1. The molecule has 1 heterocycles. The average molecular weight is 514 g/mol. The van der Waals surface area contributed by atoms with E-state index in [1.54, 1.807) is 47.4 Å². The van der Waals surface area contributed by atoms with Crippen molar-refractivity contribution in [1.29, 1.82) is 0 Å². The summed E-state index contributed by atoms with van der Waals surface area (Å²) in [7, 11) is -3.79. The largest absolute Gasteiger partial charge is 0.494 e. The second kappa shape index (κ2) is 11.3. The van der Waals surface area contributed by atoms with Crippen molar-refractivity contribution in [3.8, 4) is 11.5 Å². The Morgan fingerprint density at radius 1 is 0.889 bits per heavy atom. The summed E-state index contributed by atoms with van der Waals surface area (Å²) in [5.74, 6) is 0.578. The predicted octanol–water partition coefficient (Wildman–Crippen LogP) is 3.75. The molecular formula is C26H28FN3O5S. The molecule has 1 amide bonds. The molecule has 36 heavy (non-hydrogen) atoms. The van der Waals surface area contributed by atoms with E-state index in [2.05, 4.69) is 4.72 Å². The number of nitrogens with one attached hydrogen (secondary N) is 1. The molecule has 0 aliphatic carbocycles. The van der Waals surface area contributed by atoms with E-state index in [-0.39, 0.29) is 23.2 Å². The summed E-state index contributed by atoms with van der Waals surface area (Å²) < 4.78 is 52.8. The van der Waals surface area contributed by atoms with Crippen LogP contribution in [0.25, 0.3) is 0 Å². The fourth-order valence-corrected chi connectivity index (χ4v) is 4.91. The molecule has 3 aromatic carbocycles. The quantitative estimate of drug-likeness (QED) is 0.469. The minimum absolute atomic E-state index is 0.0688. The maximum atomic E-state index is 14.0. The maximum absolute atomic E-state index is 14.0. The number of anilines is 2. The van der Waals surface area contributed by atoms with Crippen LogP contribution in [0.4, 0.5) is 15.8 Å². The lowest BCUT2D eigenvalue weighted by atomic mass is 10.2. The van der Waals surface area contributed by atoms with Gasteiger partial charge in [-0.15, -0.1) is 0 Å². The van der Waals surface area contributed by atoms with Gasteiger partial charge in [-0.2, -0.15) is 0 Å². The average Bonchev–Trinajstić information content (AvgIpc) is 2.89. The van der Waals surface area contributed by atoms with Gasteiger partial charge in [-0.1, -0.05) is 12.1 Å². The Balaban J connectivity index is 1.27. The second-order valence-corrected chi connectivity index (χ2v) is 9.82. The molecule has 3 aromatic rings. The fourth-order valence-electron chi connectivity index (χ4n) is 3.86. The first-order valence-electron chi connectivity index (χ1n) is 11.6. The third-order valence-corrected chi connectivity index (χ3v) is 7.14. The summed E-state index contributed by atoms with van der Waals surface area (Å²) in [4.78, 5) is 16.2. The molecule has 0 aromatic heterocycles. The Bertz CT molecular complexity index is 1280. The van der Waals surface area contributed by atoms with Gasteiger partial charge in [-0.25, -0.2) is 12.8 Å². The number of amides is 1. The first-order valence-corrected chi connectivity index (χ1v) is 13.1. The highest BCUT2D eigenvalue weighted by atomic mass is 32.2. The number of sulfonamides is 1. The van der Waals surface area contributed by atoms with Crippen LogP contribution in [0.2, 0.25) is 0 Å². The summed E-state index contributed by atoms with van der Waals surface area (Å²) in [5.41, 5.74) is 0.951. The van der Waals surface area contributed by atoms with Gasteiger partial charge in [0.2, 0.25) is 0 Å². The van der Waals surface area contributed by atoms with Crippen molar-refractivity contribution in [2.75, 3.05) is 49.0 Å². The zero-order valence-corrected chi connectivity index (χ0v) is 20.7. The normalized spacial score (nSPS) is 13.8. The van der Waals surface area contributed by atoms with Gasteiger partial charge >= 0.3 is 0 Å². The van der Waals surface area contributed by atoms with Crippen molar-refractivity contribution in [3.05, 3.63) is 78.6 Å². The number of ether oxygens (including phenoxy) is 2. The molecular weight excluding hydrogens is 485 g/mol. The zero-order valence-electron chi connectivity index (χ0n) is 19.9. The highest BCUT2D eigenvalue weighted by Gasteiger charge is 2.23. The molecule has 190 valence electrons. The van der Waals surface area contributed by atoms with Crippen LogP contribution >= 0.6 is 0 Å². The fraction of sp³-hybridized carbons (Fsp3) is 0.269. The van der Waals surface area contributed by atoms with Gasteiger partial charge in [0.25, 0.3) is 15.9 Å². The first-order chi connectivity index (χ1) is 17.4. The molecule has 1 fully saturated rings. The van der Waals surface area contributed by atoms with Crippen LogP contribution in [-0.2, 0) is 14.8 Å². The summed E-state index contributed by atoms with van der Waals surface area (Å²) in [5, 5.41) is 0. The van der Waals surface area contributed by atoms with Crippen molar-refractivity contribution in [2.24, 2.45) is 0 Å². The van der Waals surface area contributed by atoms with Crippen molar-refractivity contribution in [1.82, 2.24) is 4.90 Å². The van der Waals surface area contributed by atoms with Crippen LogP contribution in [0.5, 0.6) is 11.5 Å². The highest BCUT2D eigenvalue weighted by molar-refractivity contribution is 7.92. The zero-order chi connectivity index (χ0) is 25.5. The summed E-state index contributed by atoms with van der Waals surface area (Å²) in [6.07, 6.45) is 0. The predicted molar refractivity (Wildman–Crippen MR) is 136 cm³/mol. The number of hydrogen-bond acceptors (Lipinski definition) is 6. The molecule has 1 N–H and O–H groups in total. The summed E-state index contributed by atoms with van der Waals surface area (Å²) in [6.45, 7) is 4.21. The first kappa shape index (κ1) is 25.3. The summed E-state index contributed by atoms with van der Waals surface area (Å²) >= 11 is 0. The van der Waals surface area contributed by atoms with Crippen molar-refractivity contribution in [2.45, 2.75) is 11.8 Å². The molecule has 0 spiro atoms. The maximum Gasteiger partial charge on any atom is 0.261 e. The molecule has 10 heteroatoms. The monoisotopic (exact) mass is 513 g/mol. The van der Waals surface area contributed by atoms with Crippen LogP contribution < -0.4 is 19.1 Å². The minimum atomic E-state index is -3.79. The second-order valence-electron chi connectivity index (χ2n) is 8.14. The van der Waals surface area contributed by atoms with Gasteiger partial charge in [-0.05, 0) is 67.6 Å². The number of benzene rings is 3. The molecule has 4 rings (SSSR count). The molecule has 0 bridgehead atoms. The van der Waals surface area contributed by atoms with Crippen LogP contribution in [0.3, 0.4) is 0 Å². The van der Waals surface area contributed by atoms with Gasteiger partial charge in [0.15, 0.2) is 6.61 Å². The molecule has 8 nitrogen and oxygen atoms in total. The Morgan fingerprint density at radius 2 is 1.50 bits per heavy atom. The number of rotatable bonds is 9. The van der Waals surface area contributed by atoms with E-state index in [1.807, 2.05) is 11.8 Å². The van der Waals surface area contributed by atoms with Crippen molar-refractivity contribution in [3.63, 3.8) is 0 Å². The van der Waals surface area contributed by atoms with Gasteiger partial charge < -0.3 is 19.3 Å². The van der Waals surface area contributed by atoms with E-state index in [0.29, 0.717) is 55.7 Å². The summed E-state index contributed by atoms with van der Waals surface area (Å²) in [6, 6.07) is 19.1. The highest BCUT2D eigenvalue weighted by Crippen LogP contribution is 2.22. The molecule has 0 radical (unpaired) electrons. The molecule has 0 atom stereocenters. The van der Waals surface area contributed by atoms with Crippen molar-refractivity contribution >= 4 is 27.3 Å². The number of nitrogens with zero attached hydrogens (tertiary/aromatic N) is 2. The molecule has 1 aliphatic rings. The number of halogens is 1. The minimum Gasteiger partial charge on any atom is -0.494 e. The third kappa shape index (κ3) is 6.25. The molecule has 1 aliphatic heterocycles. The Hall–Kier alpha value is -3.79. The van der Waals surface area contributed by atoms with Gasteiger partial charge in [0.1, 0.15) is 17.3 Å². The molecule has 0 unspecified atom stereocenters. The number of carbonyl (C=O) groups excluding carboxylic acids is 1. The molecule has 0 saturated carbocycles. The van der Waals surface area contributed by atoms with E-state index in [1.165, 1.54) is 30.3 Å². The van der Waals surface area contributed by atoms with Gasteiger partial charge in [-0.3, -0.25) is 9.52 Å². The van der Waals surface area contributed by atoms with Crippen molar-refractivity contribution < 1.29 is 27.1 Å². The number of hydrogen-bond donors (Lipinski definition) is 1. The number of para-hydroxylation sites is 1. The van der Waals surface area contributed by atoms with E-state index >= 15 is 0 Å². The van der Waals surface area contributed by atoms with E-state index in [4.69, 9.17) is 9.47 Å². The smallest absolute Gasteiger partial charge is 0.261 e. The Morgan fingerprint density at radius 3 is 2.14 bits per heavy atom. The lowest BCUT2D eigenvalue weighted by Crippen LogP contribution is -2.50. The van der Waals surface area contributed by atoms with Crippen LogP contribution in [-0.4, -0.2) is 58.6 Å². The standard InChI is InChI=1S/C26H28FN3O5S/c1-2-34-21-9-7-20(8-10-21)28-36(32,33)23-13-11-22(12-14-23)35-19-26(31)30-17-15-29(16-18-30)25-6-4-3-5-24(25)27/h3-14,28H,2,15-19H2,1H3. The SMILES string of the molecule is CCOc1ccc(NS(=O)(=O)c2ccc(OCC(=O)N3CCN(c4ccccc4F)CC3)cc2)cc1. The van der Waals surface area contributed by atoms with Crippen LogP contribution in [0, 0.1) is 5.82 Å². The Labute approximate surface area is 210 Å². The van der Waals surface area contributed by atoms with E-state index in [9.17, 15) is 17.6 Å². The van der Waals surface area contributed by atoms with Gasteiger partial charge in [0.05, 0.1) is 17.2 Å². The lowest BCUT2D eigenvalue weighted by Gasteiger charge is -2.36. The van der Waals surface area contributed by atoms with E-state index in [0.717, 1.165) is 0 Å². The lowest BCUT2D eigenvalue weighted by molar-refractivity contribution is -0.133. The van der Waals surface area contributed by atoms with Crippen LogP contribution in [0.1, 0.15) is 6.92 Å². The molecule has 1 saturated heterocycles.